The molecular formula is C14H17BrN4O3S2. The van der Waals surface area contributed by atoms with Crippen LogP contribution in [0, 0.1) is 0 Å². The number of halogens is 1. The summed E-state index contributed by atoms with van der Waals surface area (Å²) in [5, 5.41) is 6.00. The van der Waals surface area contributed by atoms with Crippen LogP contribution in [0.4, 0.5) is 0 Å². The second kappa shape index (κ2) is 6.95. The van der Waals surface area contributed by atoms with Gasteiger partial charge >= 0.3 is 0 Å². The van der Waals surface area contributed by atoms with Crippen LogP contribution in [-0.4, -0.2) is 59.5 Å². The molecular weight excluding hydrogens is 416 g/mol. The Hall–Kier alpha value is -1.23. The molecule has 0 atom stereocenters. The minimum atomic E-state index is -3.46. The number of aromatic nitrogens is 2. The number of aryl methyl sites for hydroxylation is 1. The van der Waals surface area contributed by atoms with Gasteiger partial charge in [-0.2, -0.15) is 9.40 Å². The highest BCUT2D eigenvalue weighted by molar-refractivity contribution is 9.10. The van der Waals surface area contributed by atoms with Gasteiger partial charge in [-0.3, -0.25) is 9.48 Å². The van der Waals surface area contributed by atoms with Gasteiger partial charge in [-0.1, -0.05) is 6.07 Å². The van der Waals surface area contributed by atoms with Crippen molar-refractivity contribution >= 4 is 43.2 Å². The normalized spacial score (nSPS) is 16.5. The molecule has 1 amide bonds. The van der Waals surface area contributed by atoms with Crippen molar-refractivity contribution in [2.45, 2.75) is 17.7 Å². The fraction of sp³-hybridized carbons (Fsp3) is 0.429. The zero-order valence-electron chi connectivity index (χ0n) is 13.1. The fourth-order valence-electron chi connectivity index (χ4n) is 2.52. The standard InChI is InChI=1S/C14H17BrN4O3S2/c1-2-18-10-11(15)13(16-18)14(20)17-5-7-19(8-6-17)24(21,22)12-4-3-9-23-12/h3-4,9-10H,2,5-8H2,1H3. The quantitative estimate of drug-likeness (QED) is 0.738. The first-order chi connectivity index (χ1) is 11.4. The lowest BCUT2D eigenvalue weighted by molar-refractivity contribution is 0.0690. The van der Waals surface area contributed by atoms with Crippen LogP contribution < -0.4 is 0 Å². The first-order valence-corrected chi connectivity index (χ1v) is 10.6. The van der Waals surface area contributed by atoms with Crippen LogP contribution in [0.1, 0.15) is 17.4 Å². The number of amides is 1. The van der Waals surface area contributed by atoms with Gasteiger partial charge in [0.25, 0.3) is 15.9 Å². The molecule has 1 saturated heterocycles. The molecule has 0 N–H and O–H groups in total. The Morgan fingerprint density at radius 3 is 2.58 bits per heavy atom. The number of piperazine rings is 1. The summed E-state index contributed by atoms with van der Waals surface area (Å²) >= 11 is 4.56. The summed E-state index contributed by atoms with van der Waals surface area (Å²) in [6, 6.07) is 3.32. The maximum atomic E-state index is 12.6. The highest BCUT2D eigenvalue weighted by Gasteiger charge is 2.32. The van der Waals surface area contributed by atoms with Crippen molar-refractivity contribution in [1.29, 1.82) is 0 Å². The first kappa shape index (κ1) is 17.6. The molecule has 1 aliphatic rings. The van der Waals surface area contributed by atoms with Crippen molar-refractivity contribution in [2.75, 3.05) is 26.2 Å². The molecule has 1 aliphatic heterocycles. The zero-order valence-corrected chi connectivity index (χ0v) is 16.3. The molecule has 3 rings (SSSR count). The molecule has 0 saturated carbocycles. The fourth-order valence-corrected chi connectivity index (χ4v) is 5.57. The van der Waals surface area contributed by atoms with Crippen LogP contribution in [0.15, 0.2) is 32.4 Å². The lowest BCUT2D eigenvalue weighted by Crippen LogP contribution is -2.50. The van der Waals surface area contributed by atoms with Crippen molar-refractivity contribution in [3.8, 4) is 0 Å². The summed E-state index contributed by atoms with van der Waals surface area (Å²) in [5.74, 6) is -0.178. The van der Waals surface area contributed by atoms with E-state index in [1.807, 2.05) is 6.92 Å². The summed E-state index contributed by atoms with van der Waals surface area (Å²) in [6.45, 7) is 3.92. The van der Waals surface area contributed by atoms with Gasteiger partial charge in [0.1, 0.15) is 4.21 Å². The maximum absolute atomic E-state index is 12.6. The van der Waals surface area contributed by atoms with Crippen LogP contribution in [0.3, 0.4) is 0 Å². The Morgan fingerprint density at radius 2 is 2.04 bits per heavy atom. The minimum Gasteiger partial charge on any atom is -0.335 e. The molecule has 10 heteroatoms. The molecule has 0 bridgehead atoms. The predicted octanol–water partition coefficient (Wildman–Crippen LogP) is 1.87. The van der Waals surface area contributed by atoms with E-state index in [1.165, 1.54) is 15.6 Å². The second-order valence-electron chi connectivity index (χ2n) is 5.31. The van der Waals surface area contributed by atoms with Gasteiger partial charge in [-0.15, -0.1) is 11.3 Å². The molecule has 1 fully saturated rings. The van der Waals surface area contributed by atoms with Crippen molar-refractivity contribution in [2.24, 2.45) is 0 Å². The Labute approximate surface area is 153 Å². The number of nitrogens with zero attached hydrogens (tertiary/aromatic N) is 4. The molecule has 0 spiro atoms. The topological polar surface area (TPSA) is 75.5 Å². The van der Waals surface area contributed by atoms with Crippen molar-refractivity contribution in [3.05, 3.63) is 33.9 Å². The molecule has 3 heterocycles. The van der Waals surface area contributed by atoms with E-state index in [2.05, 4.69) is 21.0 Å². The molecule has 0 aliphatic carbocycles. The van der Waals surface area contributed by atoms with Crippen LogP contribution in [0.5, 0.6) is 0 Å². The van der Waals surface area contributed by atoms with E-state index in [0.717, 1.165) is 0 Å². The van der Waals surface area contributed by atoms with Crippen LogP contribution in [-0.2, 0) is 16.6 Å². The smallest absolute Gasteiger partial charge is 0.275 e. The van der Waals surface area contributed by atoms with Gasteiger partial charge in [0.05, 0.1) is 4.47 Å². The Balaban J connectivity index is 1.69. The monoisotopic (exact) mass is 432 g/mol. The summed E-state index contributed by atoms with van der Waals surface area (Å²) in [4.78, 5) is 14.2. The Morgan fingerprint density at radius 1 is 1.33 bits per heavy atom. The Bertz CT molecular complexity index is 824. The SMILES string of the molecule is CCn1cc(Br)c(C(=O)N2CCN(S(=O)(=O)c3cccs3)CC2)n1. The summed E-state index contributed by atoms with van der Waals surface area (Å²) in [7, 11) is -3.46. The summed E-state index contributed by atoms with van der Waals surface area (Å²) in [6.07, 6.45) is 1.77. The number of carbonyl (C=O) groups excluding carboxylic acids is 1. The lowest BCUT2D eigenvalue weighted by Gasteiger charge is -2.33. The van der Waals surface area contributed by atoms with E-state index in [1.54, 1.807) is 33.3 Å². The molecule has 0 aromatic carbocycles. The highest BCUT2D eigenvalue weighted by Crippen LogP contribution is 2.23. The van der Waals surface area contributed by atoms with E-state index in [4.69, 9.17) is 0 Å². The number of carbonyl (C=O) groups is 1. The number of hydrogen-bond acceptors (Lipinski definition) is 5. The second-order valence-corrected chi connectivity index (χ2v) is 9.28. The third-order valence-corrected chi connectivity index (χ3v) is 7.71. The van der Waals surface area contributed by atoms with Crippen molar-refractivity contribution in [3.63, 3.8) is 0 Å². The predicted molar refractivity (Wildman–Crippen MR) is 94.6 cm³/mol. The van der Waals surface area contributed by atoms with E-state index < -0.39 is 10.0 Å². The average molecular weight is 433 g/mol. The van der Waals surface area contributed by atoms with Gasteiger partial charge in [0, 0.05) is 38.9 Å². The lowest BCUT2D eigenvalue weighted by atomic mass is 10.3. The average Bonchev–Trinajstić information content (AvgIpc) is 3.24. The number of hydrogen-bond donors (Lipinski definition) is 0. The minimum absolute atomic E-state index is 0.178. The Kier molecular flexibility index (Phi) is 5.09. The van der Waals surface area contributed by atoms with Gasteiger partial charge < -0.3 is 4.90 Å². The molecule has 0 unspecified atom stereocenters. The van der Waals surface area contributed by atoms with Gasteiger partial charge in [0.15, 0.2) is 5.69 Å². The number of rotatable bonds is 4. The van der Waals surface area contributed by atoms with Crippen LogP contribution >= 0.6 is 27.3 Å². The van der Waals surface area contributed by atoms with Crippen molar-refractivity contribution < 1.29 is 13.2 Å². The van der Waals surface area contributed by atoms with Crippen LogP contribution in [0.25, 0.3) is 0 Å². The molecule has 2 aromatic heterocycles. The molecule has 2 aromatic rings. The molecule has 7 nitrogen and oxygen atoms in total. The van der Waals surface area contributed by atoms with E-state index in [-0.39, 0.29) is 19.0 Å². The van der Waals surface area contributed by atoms with Gasteiger partial charge in [-0.05, 0) is 34.3 Å². The summed E-state index contributed by atoms with van der Waals surface area (Å²) < 4.78 is 29.1. The molecule has 0 radical (unpaired) electrons. The molecule has 130 valence electrons. The van der Waals surface area contributed by atoms with E-state index in [9.17, 15) is 13.2 Å². The molecule has 24 heavy (non-hydrogen) atoms. The maximum Gasteiger partial charge on any atom is 0.275 e. The van der Waals surface area contributed by atoms with E-state index in [0.29, 0.717) is 34.0 Å². The number of thiophene rings is 1. The summed E-state index contributed by atoms with van der Waals surface area (Å²) in [5.41, 5.74) is 0.367. The highest BCUT2D eigenvalue weighted by atomic mass is 79.9. The van der Waals surface area contributed by atoms with Crippen molar-refractivity contribution in [1.82, 2.24) is 19.0 Å². The van der Waals surface area contributed by atoms with Gasteiger partial charge in [0.2, 0.25) is 0 Å². The largest absolute Gasteiger partial charge is 0.335 e. The zero-order chi connectivity index (χ0) is 17.3. The third-order valence-electron chi connectivity index (χ3n) is 3.86. The third kappa shape index (κ3) is 3.28. The van der Waals surface area contributed by atoms with Crippen LogP contribution in [0.2, 0.25) is 0 Å². The first-order valence-electron chi connectivity index (χ1n) is 7.49. The number of sulfonamides is 1. The van der Waals surface area contributed by atoms with Gasteiger partial charge in [-0.25, -0.2) is 8.42 Å². The van der Waals surface area contributed by atoms with E-state index >= 15 is 0 Å².